The van der Waals surface area contributed by atoms with E-state index >= 15 is 0 Å². The van der Waals surface area contributed by atoms with Crippen molar-refractivity contribution in [3.8, 4) is 0 Å². The Balaban J connectivity index is 1.85. The summed E-state index contributed by atoms with van der Waals surface area (Å²) in [6, 6.07) is 0. The maximum atomic E-state index is 8.53. The lowest BCUT2D eigenvalue weighted by Crippen LogP contribution is -2.26. The first-order valence-electron chi connectivity index (χ1n) is 6.43. The Morgan fingerprint density at radius 3 is 3.19 bits per heavy atom. The van der Waals surface area contributed by atoms with E-state index in [0.29, 0.717) is 17.9 Å². The summed E-state index contributed by atoms with van der Waals surface area (Å²) >= 11 is 0. The summed E-state index contributed by atoms with van der Waals surface area (Å²) in [6.45, 7) is 3.09. The highest BCUT2D eigenvalue weighted by Crippen LogP contribution is 2.62. The van der Waals surface area contributed by atoms with E-state index in [1.54, 1.807) is 0 Å². The zero-order chi connectivity index (χ0) is 11.2. The number of rotatable bonds is 2. The molecule has 0 bridgehead atoms. The molecule has 3 rings (SSSR count). The molecule has 2 fully saturated rings. The van der Waals surface area contributed by atoms with Gasteiger partial charge in [0.05, 0.1) is 0 Å². The highest BCUT2D eigenvalue weighted by Gasteiger charge is 2.55. The number of hydrogen-bond acceptors (Lipinski definition) is 1. The third-order valence-electron chi connectivity index (χ3n) is 5.14. The number of fused-ring (bicyclic) bond motifs is 3. The lowest BCUT2D eigenvalue weighted by atomic mass is 9.76. The summed E-state index contributed by atoms with van der Waals surface area (Å²) in [4.78, 5) is 2.96. The van der Waals surface area contributed by atoms with Gasteiger partial charge in [-0.15, -0.1) is 0 Å². The molecule has 0 saturated heterocycles. The topological polar surface area (TPSA) is 48.8 Å². The van der Waals surface area contributed by atoms with Gasteiger partial charge < -0.3 is 0 Å². The second-order valence-corrected chi connectivity index (χ2v) is 6.11. The van der Waals surface area contributed by atoms with Crippen molar-refractivity contribution in [2.75, 3.05) is 6.54 Å². The Labute approximate surface area is 96.5 Å². The summed E-state index contributed by atoms with van der Waals surface area (Å²) in [7, 11) is 0. The molecule has 0 N–H and O–H groups in total. The molecule has 3 aliphatic carbocycles. The van der Waals surface area contributed by atoms with E-state index in [1.165, 1.54) is 19.3 Å². The SMILES string of the molecule is CC1CC2CC3(CN=[N+]=[N-])CC=CC3C2C1. The van der Waals surface area contributed by atoms with Gasteiger partial charge >= 0.3 is 0 Å². The van der Waals surface area contributed by atoms with Crippen LogP contribution in [-0.2, 0) is 0 Å². The molecule has 3 nitrogen and oxygen atoms in total. The Morgan fingerprint density at radius 2 is 2.38 bits per heavy atom. The predicted molar refractivity (Wildman–Crippen MR) is 63.7 cm³/mol. The third-order valence-corrected chi connectivity index (χ3v) is 5.14. The largest absolute Gasteiger partial charge is 0.0934 e. The highest BCUT2D eigenvalue weighted by atomic mass is 15.1. The molecule has 0 amide bonds. The minimum atomic E-state index is 0.307. The Morgan fingerprint density at radius 1 is 1.50 bits per heavy atom. The van der Waals surface area contributed by atoms with Gasteiger partial charge in [0, 0.05) is 11.5 Å². The number of hydrogen-bond donors (Lipinski definition) is 0. The van der Waals surface area contributed by atoms with Gasteiger partial charge in [-0.25, -0.2) is 0 Å². The second kappa shape index (κ2) is 3.53. The minimum Gasteiger partial charge on any atom is -0.0934 e. The molecule has 3 aliphatic rings. The molecule has 0 aromatic carbocycles. The molecule has 0 aromatic heterocycles. The normalized spacial score (nSPS) is 48.8. The molecule has 0 aromatic rings. The first kappa shape index (κ1) is 10.2. The maximum absolute atomic E-state index is 8.53. The van der Waals surface area contributed by atoms with Gasteiger partial charge in [-0.05, 0) is 60.3 Å². The monoisotopic (exact) mass is 217 g/mol. The highest BCUT2D eigenvalue weighted by molar-refractivity contribution is 5.18. The van der Waals surface area contributed by atoms with Crippen molar-refractivity contribution in [2.45, 2.75) is 32.6 Å². The molecule has 5 atom stereocenters. The van der Waals surface area contributed by atoms with Crippen LogP contribution in [0, 0.1) is 29.1 Å². The van der Waals surface area contributed by atoms with Crippen molar-refractivity contribution >= 4 is 0 Å². The Hall–Kier alpha value is -0.950. The Bertz CT molecular complexity index is 369. The summed E-state index contributed by atoms with van der Waals surface area (Å²) in [5.41, 5.74) is 8.83. The van der Waals surface area contributed by atoms with E-state index in [0.717, 1.165) is 24.2 Å². The van der Waals surface area contributed by atoms with Gasteiger partial charge in [0.1, 0.15) is 0 Å². The van der Waals surface area contributed by atoms with Crippen molar-refractivity contribution in [3.05, 3.63) is 22.6 Å². The van der Waals surface area contributed by atoms with E-state index in [1.807, 2.05) is 0 Å². The summed E-state index contributed by atoms with van der Waals surface area (Å²) in [5.74, 6) is 3.39. The molecular weight excluding hydrogens is 198 g/mol. The molecule has 0 spiro atoms. The maximum Gasteiger partial charge on any atom is 0.0323 e. The van der Waals surface area contributed by atoms with Crippen LogP contribution in [0.25, 0.3) is 10.4 Å². The van der Waals surface area contributed by atoms with Crippen molar-refractivity contribution < 1.29 is 0 Å². The van der Waals surface area contributed by atoms with Gasteiger partial charge in [0.15, 0.2) is 0 Å². The molecule has 5 unspecified atom stereocenters. The molecule has 16 heavy (non-hydrogen) atoms. The minimum absolute atomic E-state index is 0.307. The van der Waals surface area contributed by atoms with Gasteiger partial charge in [-0.3, -0.25) is 0 Å². The molecule has 0 aliphatic heterocycles. The van der Waals surface area contributed by atoms with Crippen LogP contribution in [0.2, 0.25) is 0 Å². The number of nitrogens with zero attached hydrogens (tertiary/aromatic N) is 3. The first-order valence-corrected chi connectivity index (χ1v) is 6.43. The second-order valence-electron chi connectivity index (χ2n) is 6.11. The lowest BCUT2D eigenvalue weighted by Gasteiger charge is -2.30. The van der Waals surface area contributed by atoms with Crippen LogP contribution in [0.4, 0.5) is 0 Å². The molecule has 0 radical (unpaired) electrons. The van der Waals surface area contributed by atoms with E-state index in [4.69, 9.17) is 5.53 Å². The van der Waals surface area contributed by atoms with E-state index < -0.39 is 0 Å². The first-order chi connectivity index (χ1) is 7.75. The van der Waals surface area contributed by atoms with Crippen molar-refractivity contribution in [1.29, 1.82) is 0 Å². The molecular formula is C13H19N3. The van der Waals surface area contributed by atoms with E-state index in [-0.39, 0.29) is 0 Å². The molecule has 0 heterocycles. The average molecular weight is 217 g/mol. The summed E-state index contributed by atoms with van der Waals surface area (Å²) in [5, 5.41) is 3.87. The third kappa shape index (κ3) is 1.31. The van der Waals surface area contributed by atoms with Crippen molar-refractivity contribution in [1.82, 2.24) is 0 Å². The zero-order valence-electron chi connectivity index (χ0n) is 9.84. The summed E-state index contributed by atoms with van der Waals surface area (Å²) in [6.07, 6.45) is 9.94. The lowest BCUT2D eigenvalue weighted by molar-refractivity contribution is 0.231. The van der Waals surface area contributed by atoms with Crippen molar-refractivity contribution in [2.24, 2.45) is 34.2 Å². The molecule has 86 valence electrons. The summed E-state index contributed by atoms with van der Waals surface area (Å²) < 4.78 is 0. The predicted octanol–water partition coefficient (Wildman–Crippen LogP) is 3.93. The van der Waals surface area contributed by atoms with Crippen LogP contribution in [0.1, 0.15) is 32.6 Å². The van der Waals surface area contributed by atoms with Crippen LogP contribution >= 0.6 is 0 Å². The van der Waals surface area contributed by atoms with E-state index in [2.05, 4.69) is 29.1 Å². The van der Waals surface area contributed by atoms with Gasteiger partial charge in [0.2, 0.25) is 0 Å². The van der Waals surface area contributed by atoms with Crippen LogP contribution < -0.4 is 0 Å². The van der Waals surface area contributed by atoms with Gasteiger partial charge in [-0.1, -0.05) is 24.2 Å². The number of allylic oxidation sites excluding steroid dienone is 2. The standard InChI is InChI=1S/C13H19N3/c1-9-5-10-7-13(8-15-16-14)4-2-3-12(13)11(10)6-9/h2-3,9-12H,4-8H2,1H3. The van der Waals surface area contributed by atoms with Crippen LogP contribution in [-0.4, -0.2) is 6.54 Å². The van der Waals surface area contributed by atoms with Crippen LogP contribution in [0.3, 0.4) is 0 Å². The molecule has 2 saturated carbocycles. The Kier molecular flexibility index (Phi) is 2.25. The number of azide groups is 1. The van der Waals surface area contributed by atoms with Gasteiger partial charge in [0.25, 0.3) is 0 Å². The van der Waals surface area contributed by atoms with Crippen LogP contribution in [0.15, 0.2) is 17.3 Å². The van der Waals surface area contributed by atoms with Gasteiger partial charge in [-0.2, -0.15) is 0 Å². The fraction of sp³-hybridized carbons (Fsp3) is 0.846. The fourth-order valence-corrected chi connectivity index (χ4v) is 4.65. The molecule has 3 heteroatoms. The zero-order valence-corrected chi connectivity index (χ0v) is 9.84. The van der Waals surface area contributed by atoms with Crippen molar-refractivity contribution in [3.63, 3.8) is 0 Å². The quantitative estimate of drug-likeness (QED) is 0.291. The smallest absolute Gasteiger partial charge is 0.0323 e. The van der Waals surface area contributed by atoms with Crippen LogP contribution in [0.5, 0.6) is 0 Å². The average Bonchev–Trinajstić information content (AvgIpc) is 2.84. The van der Waals surface area contributed by atoms with E-state index in [9.17, 15) is 0 Å². The fourth-order valence-electron chi connectivity index (χ4n) is 4.65.